The summed E-state index contributed by atoms with van der Waals surface area (Å²) >= 11 is 0. The molecule has 1 aliphatic carbocycles. The summed E-state index contributed by atoms with van der Waals surface area (Å²) in [6, 6.07) is 0.488. The van der Waals surface area contributed by atoms with Crippen molar-refractivity contribution in [2.24, 2.45) is 11.8 Å². The van der Waals surface area contributed by atoms with Crippen molar-refractivity contribution in [3.63, 3.8) is 0 Å². The highest BCUT2D eigenvalue weighted by Gasteiger charge is 2.48. The quantitative estimate of drug-likeness (QED) is 0.779. The molecule has 0 radical (unpaired) electrons. The standard InChI is InChI=1S/C13H23NO3/c1-9(5-12(15)16)6-13(17)7-11-4-3-10(13)8-14(11)2/h9-11,17H,3-8H2,1-2H3,(H,15,16)/t9-,10+,11+,13?/m1/s1. The Bertz CT molecular complexity index is 307. The largest absolute Gasteiger partial charge is 0.481 e. The third-order valence-electron chi connectivity index (χ3n) is 4.55. The van der Waals surface area contributed by atoms with Crippen LogP contribution in [0.15, 0.2) is 0 Å². The maximum Gasteiger partial charge on any atom is 0.303 e. The maximum absolute atomic E-state index is 10.7. The minimum Gasteiger partial charge on any atom is -0.481 e. The van der Waals surface area contributed by atoms with Crippen LogP contribution in [0.5, 0.6) is 0 Å². The molecule has 1 saturated carbocycles. The zero-order chi connectivity index (χ0) is 12.6. The summed E-state index contributed by atoms with van der Waals surface area (Å²) in [5.41, 5.74) is -0.621. The summed E-state index contributed by atoms with van der Waals surface area (Å²) in [6.45, 7) is 2.89. The molecule has 2 bridgehead atoms. The van der Waals surface area contributed by atoms with Crippen molar-refractivity contribution < 1.29 is 15.0 Å². The molecular weight excluding hydrogens is 218 g/mol. The Kier molecular flexibility index (Phi) is 3.46. The van der Waals surface area contributed by atoms with Gasteiger partial charge in [0, 0.05) is 24.9 Å². The molecule has 98 valence electrons. The van der Waals surface area contributed by atoms with Crippen LogP contribution in [0.3, 0.4) is 0 Å². The number of carboxylic acids is 1. The van der Waals surface area contributed by atoms with Crippen molar-refractivity contribution in [2.75, 3.05) is 13.6 Å². The average Bonchev–Trinajstić information content (AvgIpc) is 2.18. The zero-order valence-electron chi connectivity index (χ0n) is 10.7. The van der Waals surface area contributed by atoms with Gasteiger partial charge in [0.05, 0.1) is 5.60 Å². The van der Waals surface area contributed by atoms with E-state index in [1.807, 2.05) is 6.92 Å². The second-order valence-electron chi connectivity index (χ2n) is 6.08. The number of rotatable bonds is 4. The van der Waals surface area contributed by atoms with Crippen molar-refractivity contribution >= 4 is 5.97 Å². The molecule has 3 rings (SSSR count). The van der Waals surface area contributed by atoms with Crippen molar-refractivity contribution in [3.8, 4) is 0 Å². The Hall–Kier alpha value is -0.610. The number of fused-ring (bicyclic) bond motifs is 3. The molecule has 2 aliphatic heterocycles. The lowest BCUT2D eigenvalue weighted by molar-refractivity contribution is -0.143. The molecule has 0 spiro atoms. The molecule has 4 nitrogen and oxygen atoms in total. The molecule has 2 heterocycles. The third kappa shape index (κ3) is 2.63. The first-order valence-corrected chi connectivity index (χ1v) is 6.55. The fourth-order valence-corrected chi connectivity index (χ4v) is 3.70. The average molecular weight is 241 g/mol. The molecule has 1 unspecified atom stereocenters. The van der Waals surface area contributed by atoms with Gasteiger partial charge in [0.15, 0.2) is 0 Å². The summed E-state index contributed by atoms with van der Waals surface area (Å²) in [5, 5.41) is 19.5. The van der Waals surface area contributed by atoms with Crippen LogP contribution in [-0.2, 0) is 4.79 Å². The van der Waals surface area contributed by atoms with Crippen LogP contribution >= 0.6 is 0 Å². The van der Waals surface area contributed by atoms with Crippen LogP contribution in [0.25, 0.3) is 0 Å². The van der Waals surface area contributed by atoms with Crippen molar-refractivity contribution in [3.05, 3.63) is 0 Å². The molecule has 17 heavy (non-hydrogen) atoms. The number of piperidine rings is 2. The SMILES string of the molecule is C[C@H](CC(=O)O)CC1(O)C[C@@H]2CC[C@H]1CN2C. The van der Waals surface area contributed by atoms with Crippen molar-refractivity contribution in [2.45, 2.75) is 50.7 Å². The van der Waals surface area contributed by atoms with Crippen LogP contribution in [0.2, 0.25) is 0 Å². The van der Waals surface area contributed by atoms with E-state index in [0.717, 1.165) is 19.4 Å². The Morgan fingerprint density at radius 2 is 2.24 bits per heavy atom. The normalized spacial score (nSPS) is 39.2. The highest BCUT2D eigenvalue weighted by Crippen LogP contribution is 2.44. The monoisotopic (exact) mass is 241 g/mol. The van der Waals surface area contributed by atoms with Gasteiger partial charge in [0.25, 0.3) is 0 Å². The molecule has 4 heteroatoms. The minimum absolute atomic E-state index is 0.0576. The van der Waals surface area contributed by atoms with E-state index in [-0.39, 0.29) is 12.3 Å². The lowest BCUT2D eigenvalue weighted by atomic mass is 9.66. The number of carbonyl (C=O) groups is 1. The number of hydrogen-bond acceptors (Lipinski definition) is 3. The third-order valence-corrected chi connectivity index (χ3v) is 4.55. The fraction of sp³-hybridized carbons (Fsp3) is 0.923. The van der Waals surface area contributed by atoms with Crippen molar-refractivity contribution in [1.29, 1.82) is 0 Å². The number of hydrogen-bond donors (Lipinski definition) is 2. The van der Waals surface area contributed by atoms with Gasteiger partial charge in [-0.2, -0.15) is 0 Å². The predicted octanol–water partition coefficient (Wildman–Crippen LogP) is 1.33. The minimum atomic E-state index is -0.765. The highest BCUT2D eigenvalue weighted by molar-refractivity contribution is 5.66. The maximum atomic E-state index is 10.7. The lowest BCUT2D eigenvalue weighted by Crippen LogP contribution is -2.59. The van der Waals surface area contributed by atoms with Crippen LogP contribution in [0.1, 0.15) is 39.0 Å². The van der Waals surface area contributed by atoms with Crippen LogP contribution in [0.4, 0.5) is 0 Å². The van der Waals surface area contributed by atoms with Crippen LogP contribution in [0, 0.1) is 11.8 Å². The van der Waals surface area contributed by atoms with Gasteiger partial charge in [-0.15, -0.1) is 0 Å². The van der Waals surface area contributed by atoms with Gasteiger partial charge < -0.3 is 15.1 Å². The highest BCUT2D eigenvalue weighted by atomic mass is 16.4. The smallest absolute Gasteiger partial charge is 0.303 e. The first-order valence-electron chi connectivity index (χ1n) is 6.55. The summed E-state index contributed by atoms with van der Waals surface area (Å²) in [6.07, 6.45) is 3.88. The zero-order valence-corrected chi connectivity index (χ0v) is 10.7. The van der Waals surface area contributed by atoms with Gasteiger partial charge in [-0.25, -0.2) is 0 Å². The van der Waals surface area contributed by atoms with Gasteiger partial charge in [0.1, 0.15) is 0 Å². The van der Waals surface area contributed by atoms with Crippen LogP contribution in [-0.4, -0.2) is 46.3 Å². The number of aliphatic carboxylic acids is 1. The number of aliphatic hydroxyl groups is 1. The molecular formula is C13H23NO3. The van der Waals surface area contributed by atoms with Gasteiger partial charge in [0.2, 0.25) is 0 Å². The van der Waals surface area contributed by atoms with E-state index in [4.69, 9.17) is 5.11 Å². The summed E-state index contributed by atoms with van der Waals surface area (Å²) < 4.78 is 0. The van der Waals surface area contributed by atoms with Crippen molar-refractivity contribution in [1.82, 2.24) is 4.90 Å². The fourth-order valence-electron chi connectivity index (χ4n) is 3.70. The van der Waals surface area contributed by atoms with Gasteiger partial charge in [-0.1, -0.05) is 6.92 Å². The molecule has 0 aromatic heterocycles. The number of carboxylic acid groups (broad SMARTS) is 1. The van der Waals surface area contributed by atoms with Crippen LogP contribution < -0.4 is 0 Å². The second kappa shape index (κ2) is 4.58. The molecule has 2 N–H and O–H groups in total. The van der Waals surface area contributed by atoms with E-state index in [1.165, 1.54) is 6.42 Å². The molecule has 3 fully saturated rings. The number of nitrogens with zero attached hydrogens (tertiary/aromatic N) is 1. The molecule has 2 saturated heterocycles. The van der Waals surface area contributed by atoms with Gasteiger partial charge in [-0.3, -0.25) is 4.79 Å². The molecule has 3 aliphatic rings. The predicted molar refractivity (Wildman–Crippen MR) is 64.7 cm³/mol. The van der Waals surface area contributed by atoms with Gasteiger partial charge in [-0.05, 0) is 38.6 Å². The van der Waals surface area contributed by atoms with E-state index >= 15 is 0 Å². The van der Waals surface area contributed by atoms with E-state index in [2.05, 4.69) is 11.9 Å². The van der Waals surface area contributed by atoms with E-state index < -0.39 is 11.6 Å². The first kappa shape index (κ1) is 12.8. The lowest BCUT2D eigenvalue weighted by Gasteiger charge is -2.53. The summed E-state index contributed by atoms with van der Waals surface area (Å²) in [4.78, 5) is 13.0. The summed E-state index contributed by atoms with van der Waals surface area (Å²) in [5.74, 6) is -0.380. The molecule has 0 aromatic carbocycles. The first-order chi connectivity index (χ1) is 7.90. The van der Waals surface area contributed by atoms with E-state index in [0.29, 0.717) is 18.4 Å². The van der Waals surface area contributed by atoms with E-state index in [9.17, 15) is 9.90 Å². The molecule has 0 aromatic rings. The Balaban J connectivity index is 1.98. The molecule has 0 amide bonds. The topological polar surface area (TPSA) is 60.8 Å². The Labute approximate surface area is 103 Å². The summed E-state index contributed by atoms with van der Waals surface area (Å²) in [7, 11) is 2.12. The Morgan fingerprint density at radius 3 is 2.71 bits per heavy atom. The second-order valence-corrected chi connectivity index (χ2v) is 6.08. The van der Waals surface area contributed by atoms with E-state index in [1.54, 1.807) is 0 Å². The van der Waals surface area contributed by atoms with Gasteiger partial charge >= 0.3 is 5.97 Å². The molecule has 4 atom stereocenters. The Morgan fingerprint density at radius 1 is 1.53 bits per heavy atom.